The second kappa shape index (κ2) is 6.04. The smallest absolute Gasteiger partial charge is 0.281 e. The number of hydrogen-bond donors (Lipinski definition) is 2. The Bertz CT molecular complexity index is 627. The zero-order chi connectivity index (χ0) is 14.7. The fourth-order valence-electron chi connectivity index (χ4n) is 1.84. The third-order valence-electron chi connectivity index (χ3n) is 2.85. The van der Waals surface area contributed by atoms with Crippen LogP contribution in [0.4, 0.5) is 5.69 Å². The van der Waals surface area contributed by atoms with Gasteiger partial charge in [0.05, 0.1) is 16.5 Å². The van der Waals surface area contributed by atoms with E-state index in [1.807, 2.05) is 0 Å². The molecule has 0 bridgehead atoms. The van der Waals surface area contributed by atoms with Gasteiger partial charge in [-0.1, -0.05) is 11.6 Å². The molecule has 0 saturated carbocycles. The number of benzene rings is 1. The summed E-state index contributed by atoms with van der Waals surface area (Å²) in [6, 6.07) is 7.17. The minimum Gasteiger partial charge on any atom is -0.459 e. The van der Waals surface area contributed by atoms with Crippen molar-refractivity contribution in [1.29, 1.82) is 0 Å². The number of halogens is 1. The SMILES string of the molecule is NC(CCO)c1ccc(-c2ccc(Cl)cc2[N+](=O)[O-])o1. The number of nitrogens with zero attached hydrogens (tertiary/aromatic N) is 1. The van der Waals surface area contributed by atoms with Crippen LogP contribution in [0.5, 0.6) is 0 Å². The lowest BCUT2D eigenvalue weighted by molar-refractivity contribution is -0.384. The van der Waals surface area contributed by atoms with Gasteiger partial charge in [0.1, 0.15) is 11.5 Å². The first-order valence-corrected chi connectivity index (χ1v) is 6.31. The Kier molecular flexibility index (Phi) is 4.39. The van der Waals surface area contributed by atoms with Crippen molar-refractivity contribution in [2.24, 2.45) is 5.73 Å². The van der Waals surface area contributed by atoms with Gasteiger partial charge in [-0.15, -0.1) is 0 Å². The molecule has 2 rings (SSSR count). The molecule has 0 spiro atoms. The number of furan rings is 1. The normalized spacial score (nSPS) is 12.3. The predicted octanol–water partition coefficient (Wildman–Crippen LogP) is 2.89. The molecule has 1 aromatic carbocycles. The molecule has 0 aliphatic rings. The van der Waals surface area contributed by atoms with Crippen molar-refractivity contribution in [1.82, 2.24) is 0 Å². The van der Waals surface area contributed by atoms with Crippen LogP contribution in [-0.4, -0.2) is 16.6 Å². The highest BCUT2D eigenvalue weighted by molar-refractivity contribution is 6.30. The molecule has 1 atom stereocenters. The van der Waals surface area contributed by atoms with Crippen molar-refractivity contribution in [3.63, 3.8) is 0 Å². The van der Waals surface area contributed by atoms with Gasteiger partial charge in [0, 0.05) is 17.7 Å². The molecule has 6 nitrogen and oxygen atoms in total. The van der Waals surface area contributed by atoms with Crippen LogP contribution in [0.1, 0.15) is 18.2 Å². The molecule has 0 aliphatic carbocycles. The highest BCUT2D eigenvalue weighted by Crippen LogP contribution is 2.34. The van der Waals surface area contributed by atoms with Crippen molar-refractivity contribution in [2.75, 3.05) is 6.61 Å². The van der Waals surface area contributed by atoms with Gasteiger partial charge in [-0.05, 0) is 30.7 Å². The fourth-order valence-corrected chi connectivity index (χ4v) is 2.01. The first-order valence-electron chi connectivity index (χ1n) is 5.93. The lowest BCUT2D eigenvalue weighted by Crippen LogP contribution is -2.10. The first kappa shape index (κ1) is 14.5. The average molecular weight is 297 g/mol. The van der Waals surface area contributed by atoms with Gasteiger partial charge < -0.3 is 15.3 Å². The summed E-state index contributed by atoms with van der Waals surface area (Å²) >= 11 is 5.76. The highest BCUT2D eigenvalue weighted by Gasteiger charge is 2.20. The largest absolute Gasteiger partial charge is 0.459 e. The molecule has 7 heteroatoms. The summed E-state index contributed by atoms with van der Waals surface area (Å²) in [5.41, 5.74) is 6.01. The quantitative estimate of drug-likeness (QED) is 0.652. The van der Waals surface area contributed by atoms with E-state index < -0.39 is 11.0 Å². The first-order chi connectivity index (χ1) is 9.52. The molecule has 20 heavy (non-hydrogen) atoms. The number of nitro groups is 1. The average Bonchev–Trinajstić information content (AvgIpc) is 2.88. The van der Waals surface area contributed by atoms with Crippen LogP contribution in [0.2, 0.25) is 5.02 Å². The molecule has 3 N–H and O–H groups in total. The van der Waals surface area contributed by atoms with E-state index in [4.69, 9.17) is 26.9 Å². The maximum Gasteiger partial charge on any atom is 0.281 e. The van der Waals surface area contributed by atoms with Gasteiger partial charge in [-0.25, -0.2) is 0 Å². The van der Waals surface area contributed by atoms with E-state index in [-0.39, 0.29) is 17.3 Å². The number of hydrogen-bond acceptors (Lipinski definition) is 5. The monoisotopic (exact) mass is 296 g/mol. The molecule has 0 radical (unpaired) electrons. The number of rotatable bonds is 5. The maximum absolute atomic E-state index is 11.0. The minimum absolute atomic E-state index is 0.0572. The van der Waals surface area contributed by atoms with E-state index in [0.29, 0.717) is 23.5 Å². The summed E-state index contributed by atoms with van der Waals surface area (Å²) in [5.74, 6) is 0.815. The van der Waals surface area contributed by atoms with E-state index in [1.54, 1.807) is 18.2 Å². The van der Waals surface area contributed by atoms with Crippen molar-refractivity contribution in [3.05, 3.63) is 51.2 Å². The third kappa shape index (κ3) is 2.98. The Labute approximate surface area is 119 Å². The summed E-state index contributed by atoms with van der Waals surface area (Å²) in [5, 5.41) is 20.2. The number of aliphatic hydroxyl groups is 1. The standard InChI is InChI=1S/C13H13ClN2O4/c14-8-1-2-9(11(7-8)16(18)19)12-3-4-13(20-12)10(15)5-6-17/h1-4,7,10,17H,5-6,15H2. The highest BCUT2D eigenvalue weighted by atomic mass is 35.5. The Morgan fingerprint density at radius 1 is 1.40 bits per heavy atom. The molecular weight excluding hydrogens is 284 g/mol. The van der Waals surface area contributed by atoms with Crippen LogP contribution in [0.3, 0.4) is 0 Å². The molecule has 106 valence electrons. The van der Waals surface area contributed by atoms with Gasteiger partial charge in [-0.2, -0.15) is 0 Å². The van der Waals surface area contributed by atoms with Crippen molar-refractivity contribution in [2.45, 2.75) is 12.5 Å². The summed E-state index contributed by atoms with van der Waals surface area (Å²) in [6.45, 7) is -0.0572. The van der Waals surface area contributed by atoms with Crippen LogP contribution in [0.15, 0.2) is 34.7 Å². The lowest BCUT2D eigenvalue weighted by atomic mass is 10.1. The Hall–Kier alpha value is -1.89. The van der Waals surface area contributed by atoms with Gasteiger partial charge in [0.25, 0.3) is 5.69 Å². The molecule has 1 heterocycles. The number of nitro benzene ring substituents is 1. The summed E-state index contributed by atoms with van der Waals surface area (Å²) in [4.78, 5) is 10.5. The molecule has 2 aromatic rings. The molecule has 0 aliphatic heterocycles. The summed E-state index contributed by atoms with van der Waals surface area (Å²) in [7, 11) is 0. The van der Waals surface area contributed by atoms with Crippen LogP contribution in [-0.2, 0) is 0 Å². The molecular formula is C13H13ClN2O4. The zero-order valence-corrected chi connectivity index (χ0v) is 11.2. The number of aliphatic hydroxyl groups excluding tert-OH is 1. The predicted molar refractivity (Wildman–Crippen MR) is 74.4 cm³/mol. The van der Waals surface area contributed by atoms with E-state index in [0.717, 1.165) is 0 Å². The van der Waals surface area contributed by atoms with Gasteiger partial charge in [-0.3, -0.25) is 10.1 Å². The van der Waals surface area contributed by atoms with E-state index >= 15 is 0 Å². The second-order valence-corrected chi connectivity index (χ2v) is 4.68. The van der Waals surface area contributed by atoms with Gasteiger partial charge >= 0.3 is 0 Å². The number of nitrogens with two attached hydrogens (primary N) is 1. The fraction of sp³-hybridized carbons (Fsp3) is 0.231. The van der Waals surface area contributed by atoms with E-state index in [9.17, 15) is 10.1 Å². The van der Waals surface area contributed by atoms with Crippen molar-refractivity contribution >= 4 is 17.3 Å². The van der Waals surface area contributed by atoms with Crippen molar-refractivity contribution in [3.8, 4) is 11.3 Å². The molecule has 0 fully saturated rings. The lowest BCUT2D eigenvalue weighted by Gasteiger charge is -2.06. The van der Waals surface area contributed by atoms with Crippen LogP contribution >= 0.6 is 11.6 Å². The third-order valence-corrected chi connectivity index (χ3v) is 3.09. The summed E-state index contributed by atoms with van der Waals surface area (Å²) in [6.07, 6.45) is 0.357. The van der Waals surface area contributed by atoms with Gasteiger partial charge in [0.2, 0.25) is 0 Å². The zero-order valence-electron chi connectivity index (χ0n) is 10.5. The van der Waals surface area contributed by atoms with Crippen LogP contribution in [0, 0.1) is 10.1 Å². The Balaban J connectivity index is 2.40. The Morgan fingerprint density at radius 2 is 2.15 bits per heavy atom. The molecule has 1 aromatic heterocycles. The summed E-state index contributed by atoms with van der Waals surface area (Å²) < 4.78 is 5.53. The molecule has 0 amide bonds. The topological polar surface area (TPSA) is 103 Å². The second-order valence-electron chi connectivity index (χ2n) is 4.24. The maximum atomic E-state index is 11.0. The molecule has 1 unspecified atom stereocenters. The van der Waals surface area contributed by atoms with Gasteiger partial charge in [0.15, 0.2) is 0 Å². The van der Waals surface area contributed by atoms with Crippen LogP contribution < -0.4 is 5.73 Å². The minimum atomic E-state index is -0.517. The van der Waals surface area contributed by atoms with E-state index in [1.165, 1.54) is 12.1 Å². The van der Waals surface area contributed by atoms with E-state index in [2.05, 4.69) is 0 Å². The van der Waals surface area contributed by atoms with Crippen LogP contribution in [0.25, 0.3) is 11.3 Å². The van der Waals surface area contributed by atoms with Crippen molar-refractivity contribution < 1.29 is 14.4 Å². The Morgan fingerprint density at radius 3 is 2.80 bits per heavy atom. The molecule has 0 saturated heterocycles.